The molecule has 0 aliphatic carbocycles. The van der Waals surface area contributed by atoms with Gasteiger partial charge in [0.1, 0.15) is 0 Å². The Morgan fingerprint density at radius 1 is 1.59 bits per heavy atom. The van der Waals surface area contributed by atoms with E-state index in [1.165, 1.54) is 6.92 Å². The van der Waals surface area contributed by atoms with Crippen LogP contribution in [0.4, 0.5) is 0 Å². The molecule has 1 aromatic heterocycles. The molecular weight excluding hydrogens is 231 g/mol. The summed E-state index contributed by atoms with van der Waals surface area (Å²) in [4.78, 5) is 21.3. The number of hydrogen-bond donors (Lipinski definition) is 4. The quantitative estimate of drug-likeness (QED) is 0.418. The molecule has 0 saturated heterocycles. The summed E-state index contributed by atoms with van der Waals surface area (Å²) in [6.45, 7) is 1.12. The zero-order valence-electron chi connectivity index (χ0n) is 8.94. The first-order valence-corrected chi connectivity index (χ1v) is 4.67. The van der Waals surface area contributed by atoms with Gasteiger partial charge in [0.05, 0.1) is 18.7 Å². The SMILES string of the molecule is CC(=O)NC(Cn1cc(C(=O)O)nn1)B(O)O. The second kappa shape index (κ2) is 5.41. The summed E-state index contributed by atoms with van der Waals surface area (Å²) >= 11 is 0. The average molecular weight is 242 g/mol. The smallest absolute Gasteiger partial charge is 0.476 e. The number of nitrogens with one attached hydrogen (secondary N) is 1. The van der Waals surface area contributed by atoms with Crippen molar-refractivity contribution >= 4 is 19.0 Å². The number of aromatic carboxylic acids is 1. The Bertz CT molecular complexity index is 420. The number of carboxylic acids is 1. The minimum absolute atomic E-state index is 0.0997. The number of nitrogens with zero attached hydrogens (tertiary/aromatic N) is 3. The Balaban J connectivity index is 2.71. The first-order valence-electron chi connectivity index (χ1n) is 4.67. The molecule has 0 bridgehead atoms. The third-order valence-electron chi connectivity index (χ3n) is 1.89. The van der Waals surface area contributed by atoms with Crippen molar-refractivity contribution in [2.45, 2.75) is 19.4 Å². The molecule has 9 nitrogen and oxygen atoms in total. The molecule has 1 atom stereocenters. The van der Waals surface area contributed by atoms with E-state index in [-0.39, 0.29) is 12.2 Å². The lowest BCUT2D eigenvalue weighted by atomic mass is 9.79. The van der Waals surface area contributed by atoms with E-state index in [1.54, 1.807) is 0 Å². The fraction of sp³-hybridized carbons (Fsp3) is 0.429. The maximum absolute atomic E-state index is 10.8. The molecule has 0 aliphatic heterocycles. The number of aromatic nitrogens is 3. The van der Waals surface area contributed by atoms with E-state index < -0.39 is 24.9 Å². The fourth-order valence-corrected chi connectivity index (χ4v) is 1.16. The van der Waals surface area contributed by atoms with Gasteiger partial charge in [-0.2, -0.15) is 0 Å². The highest BCUT2D eigenvalue weighted by Crippen LogP contribution is 1.96. The van der Waals surface area contributed by atoms with Crippen LogP contribution in [0.1, 0.15) is 17.4 Å². The highest BCUT2D eigenvalue weighted by molar-refractivity contribution is 6.43. The van der Waals surface area contributed by atoms with Crippen molar-refractivity contribution in [1.29, 1.82) is 0 Å². The van der Waals surface area contributed by atoms with Crippen molar-refractivity contribution in [2.24, 2.45) is 0 Å². The van der Waals surface area contributed by atoms with Crippen LogP contribution in [-0.2, 0) is 11.3 Å². The maximum atomic E-state index is 10.8. The number of carbonyl (C=O) groups is 2. The van der Waals surface area contributed by atoms with Gasteiger partial charge in [0.15, 0.2) is 5.69 Å². The van der Waals surface area contributed by atoms with Crippen LogP contribution in [0.3, 0.4) is 0 Å². The van der Waals surface area contributed by atoms with Crippen LogP contribution in [0.2, 0.25) is 0 Å². The molecule has 0 spiro atoms. The largest absolute Gasteiger partial charge is 0.477 e. The van der Waals surface area contributed by atoms with Crippen LogP contribution in [-0.4, -0.2) is 55.1 Å². The van der Waals surface area contributed by atoms with Crippen LogP contribution < -0.4 is 5.32 Å². The van der Waals surface area contributed by atoms with E-state index in [9.17, 15) is 9.59 Å². The first-order chi connectivity index (χ1) is 7.90. The van der Waals surface area contributed by atoms with Crippen LogP contribution in [0, 0.1) is 0 Å². The summed E-state index contributed by atoms with van der Waals surface area (Å²) < 4.78 is 1.10. The van der Waals surface area contributed by atoms with Gasteiger partial charge in [-0.25, -0.2) is 4.79 Å². The third-order valence-corrected chi connectivity index (χ3v) is 1.89. The molecule has 1 unspecified atom stereocenters. The van der Waals surface area contributed by atoms with E-state index in [2.05, 4.69) is 15.6 Å². The van der Waals surface area contributed by atoms with Crippen molar-refractivity contribution in [3.8, 4) is 0 Å². The molecule has 1 rings (SSSR count). The summed E-state index contributed by atoms with van der Waals surface area (Å²) in [6.07, 6.45) is 1.12. The Morgan fingerprint density at radius 2 is 2.24 bits per heavy atom. The number of carboxylic acid groups (broad SMARTS) is 1. The second-order valence-corrected chi connectivity index (χ2v) is 3.35. The lowest BCUT2D eigenvalue weighted by Gasteiger charge is -2.15. The summed E-state index contributed by atoms with van der Waals surface area (Å²) in [5.74, 6) is -2.67. The lowest BCUT2D eigenvalue weighted by molar-refractivity contribution is -0.119. The first kappa shape index (κ1) is 13.1. The number of carbonyl (C=O) groups excluding carboxylic acids is 1. The fourth-order valence-electron chi connectivity index (χ4n) is 1.16. The minimum atomic E-state index is -1.78. The molecule has 10 heteroatoms. The molecule has 0 saturated carbocycles. The zero-order valence-corrected chi connectivity index (χ0v) is 8.94. The predicted molar refractivity (Wildman–Crippen MR) is 54.8 cm³/mol. The van der Waals surface area contributed by atoms with Crippen molar-refractivity contribution in [3.63, 3.8) is 0 Å². The van der Waals surface area contributed by atoms with E-state index in [0.29, 0.717) is 0 Å². The van der Waals surface area contributed by atoms with E-state index in [1.807, 2.05) is 0 Å². The van der Waals surface area contributed by atoms with Gasteiger partial charge in [0, 0.05) is 6.92 Å². The molecule has 0 radical (unpaired) electrons. The summed E-state index contributed by atoms with van der Waals surface area (Å²) in [5, 5.41) is 35.7. The highest BCUT2D eigenvalue weighted by atomic mass is 16.4. The molecular formula is C7H11BN4O5. The second-order valence-electron chi connectivity index (χ2n) is 3.35. The van der Waals surface area contributed by atoms with E-state index in [4.69, 9.17) is 15.2 Å². The Morgan fingerprint density at radius 3 is 2.65 bits per heavy atom. The normalized spacial score (nSPS) is 11.9. The monoisotopic (exact) mass is 242 g/mol. The van der Waals surface area contributed by atoms with Crippen LogP contribution >= 0.6 is 0 Å². The van der Waals surface area contributed by atoms with Crippen molar-refractivity contribution in [2.75, 3.05) is 0 Å². The zero-order chi connectivity index (χ0) is 13.0. The molecule has 0 fully saturated rings. The molecule has 17 heavy (non-hydrogen) atoms. The van der Waals surface area contributed by atoms with Gasteiger partial charge in [-0.15, -0.1) is 5.10 Å². The van der Waals surface area contributed by atoms with Crippen molar-refractivity contribution < 1.29 is 24.7 Å². The molecule has 1 amide bonds. The predicted octanol–water partition coefficient (Wildman–Crippen LogP) is -2.51. The van der Waals surface area contributed by atoms with E-state index >= 15 is 0 Å². The molecule has 4 N–H and O–H groups in total. The number of rotatable bonds is 5. The van der Waals surface area contributed by atoms with Gasteiger partial charge >= 0.3 is 13.1 Å². The average Bonchev–Trinajstić information content (AvgIpc) is 2.64. The van der Waals surface area contributed by atoms with Crippen LogP contribution in [0.25, 0.3) is 0 Å². The van der Waals surface area contributed by atoms with Gasteiger partial charge in [0.25, 0.3) is 0 Å². The highest BCUT2D eigenvalue weighted by Gasteiger charge is 2.25. The molecule has 0 aliphatic rings. The number of amides is 1. The topological polar surface area (TPSA) is 138 Å². The summed E-state index contributed by atoms with van der Waals surface area (Å²) in [7, 11) is -1.78. The standard InChI is InChI=1S/C7H11BN4O5/c1-4(13)9-6(8(16)17)3-12-2-5(7(14)15)10-11-12/h2,6,16-17H,3H2,1H3,(H,9,13)(H,14,15). The van der Waals surface area contributed by atoms with Crippen molar-refractivity contribution in [3.05, 3.63) is 11.9 Å². The van der Waals surface area contributed by atoms with Crippen LogP contribution in [0.5, 0.6) is 0 Å². The Hall–Kier alpha value is -1.94. The third kappa shape index (κ3) is 3.85. The van der Waals surface area contributed by atoms with Gasteiger partial charge in [0.2, 0.25) is 5.91 Å². The summed E-state index contributed by atoms with van der Waals surface area (Å²) in [5.41, 5.74) is -0.265. The Kier molecular flexibility index (Phi) is 4.18. The van der Waals surface area contributed by atoms with Gasteiger partial charge in [-0.05, 0) is 0 Å². The van der Waals surface area contributed by atoms with E-state index in [0.717, 1.165) is 10.9 Å². The lowest BCUT2D eigenvalue weighted by Crippen LogP contribution is -2.48. The van der Waals surface area contributed by atoms with Gasteiger partial charge in [-0.3, -0.25) is 9.48 Å². The van der Waals surface area contributed by atoms with Gasteiger partial charge in [-0.1, -0.05) is 5.21 Å². The Labute approximate surface area is 96.2 Å². The molecule has 92 valence electrons. The number of hydrogen-bond acceptors (Lipinski definition) is 6. The molecule has 0 aromatic carbocycles. The maximum Gasteiger partial charge on any atom is 0.477 e. The molecule has 1 aromatic rings. The molecule has 1 heterocycles. The minimum Gasteiger partial charge on any atom is -0.476 e. The van der Waals surface area contributed by atoms with Gasteiger partial charge < -0.3 is 20.5 Å². The van der Waals surface area contributed by atoms with Crippen molar-refractivity contribution in [1.82, 2.24) is 20.3 Å². The summed E-state index contributed by atoms with van der Waals surface area (Å²) in [6, 6.07) is 0. The van der Waals surface area contributed by atoms with Crippen LogP contribution in [0.15, 0.2) is 6.20 Å².